The first-order valence-corrected chi connectivity index (χ1v) is 4.58. The molecule has 0 atom stereocenters. The average molecular weight is 210 g/mol. The fourth-order valence-corrected chi connectivity index (χ4v) is 1.75. The van der Waals surface area contributed by atoms with Gasteiger partial charge >= 0.3 is 5.97 Å². The van der Waals surface area contributed by atoms with Crippen molar-refractivity contribution in [1.82, 2.24) is 20.2 Å². The van der Waals surface area contributed by atoms with E-state index in [1.54, 1.807) is 0 Å². The number of ketones is 1. The topological polar surface area (TPSA) is 98.0 Å². The van der Waals surface area contributed by atoms with E-state index in [4.69, 9.17) is 5.11 Å². The molecule has 0 saturated heterocycles. The third-order valence-electron chi connectivity index (χ3n) is 2.74. The number of hydrogen-bond acceptors (Lipinski definition) is 5. The molecule has 0 amide bonds. The van der Waals surface area contributed by atoms with Crippen LogP contribution in [0.15, 0.2) is 6.33 Å². The third-order valence-corrected chi connectivity index (χ3v) is 2.74. The Kier molecular flexibility index (Phi) is 2.22. The van der Waals surface area contributed by atoms with Crippen LogP contribution in [0, 0.1) is 5.41 Å². The van der Waals surface area contributed by atoms with Crippen LogP contribution in [0.1, 0.15) is 19.3 Å². The minimum absolute atomic E-state index is 0.00844. The van der Waals surface area contributed by atoms with Crippen LogP contribution < -0.4 is 0 Å². The quantitative estimate of drug-likeness (QED) is 0.719. The number of carbonyl (C=O) groups is 2. The van der Waals surface area contributed by atoms with E-state index in [0.29, 0.717) is 13.0 Å². The maximum atomic E-state index is 11.0. The summed E-state index contributed by atoms with van der Waals surface area (Å²) in [5, 5.41) is 19.5. The highest BCUT2D eigenvalue weighted by molar-refractivity contribution is 5.96. The Morgan fingerprint density at radius 2 is 2.33 bits per heavy atom. The van der Waals surface area contributed by atoms with E-state index in [9.17, 15) is 9.59 Å². The van der Waals surface area contributed by atoms with Gasteiger partial charge in [-0.15, -0.1) is 5.10 Å². The normalized spacial score (nSPS) is 18.5. The highest BCUT2D eigenvalue weighted by atomic mass is 16.4. The molecule has 7 nitrogen and oxygen atoms in total. The van der Waals surface area contributed by atoms with E-state index in [2.05, 4.69) is 15.5 Å². The first-order chi connectivity index (χ1) is 7.12. The molecule has 7 heteroatoms. The van der Waals surface area contributed by atoms with Crippen molar-refractivity contribution in [2.24, 2.45) is 5.41 Å². The van der Waals surface area contributed by atoms with E-state index in [1.165, 1.54) is 11.0 Å². The Balaban J connectivity index is 1.97. The van der Waals surface area contributed by atoms with Crippen molar-refractivity contribution in [2.45, 2.75) is 25.8 Å². The fourth-order valence-electron chi connectivity index (χ4n) is 1.75. The van der Waals surface area contributed by atoms with Crippen LogP contribution in [0.25, 0.3) is 0 Å². The largest absolute Gasteiger partial charge is 0.481 e. The predicted molar refractivity (Wildman–Crippen MR) is 46.7 cm³/mol. The number of hydrogen-bond donors (Lipinski definition) is 1. The summed E-state index contributed by atoms with van der Waals surface area (Å²) in [5.74, 6) is -0.899. The van der Waals surface area contributed by atoms with Gasteiger partial charge in [-0.1, -0.05) is 0 Å². The van der Waals surface area contributed by atoms with Crippen molar-refractivity contribution in [1.29, 1.82) is 0 Å². The number of aryl methyl sites for hydroxylation is 1. The van der Waals surface area contributed by atoms with Gasteiger partial charge in [0, 0.05) is 19.4 Å². The second-order valence-electron chi connectivity index (χ2n) is 3.80. The SMILES string of the molecule is O=C1CC(CCn2cnnn2)(C(=O)O)C1. The third kappa shape index (κ3) is 1.72. The van der Waals surface area contributed by atoms with E-state index in [1.807, 2.05) is 0 Å². The lowest BCUT2D eigenvalue weighted by Crippen LogP contribution is -2.45. The van der Waals surface area contributed by atoms with Crippen LogP contribution in [0.2, 0.25) is 0 Å². The maximum Gasteiger partial charge on any atom is 0.310 e. The first kappa shape index (κ1) is 9.75. The summed E-state index contributed by atoms with van der Waals surface area (Å²) in [7, 11) is 0. The Hall–Kier alpha value is -1.79. The maximum absolute atomic E-state index is 11.0. The van der Waals surface area contributed by atoms with Crippen molar-refractivity contribution >= 4 is 11.8 Å². The van der Waals surface area contributed by atoms with Gasteiger partial charge in [0.25, 0.3) is 0 Å². The second-order valence-corrected chi connectivity index (χ2v) is 3.80. The molecular weight excluding hydrogens is 200 g/mol. The lowest BCUT2D eigenvalue weighted by molar-refractivity contribution is -0.161. The van der Waals surface area contributed by atoms with Crippen molar-refractivity contribution in [3.8, 4) is 0 Å². The minimum atomic E-state index is -0.907. The molecule has 0 bridgehead atoms. The van der Waals surface area contributed by atoms with E-state index < -0.39 is 11.4 Å². The van der Waals surface area contributed by atoms with Gasteiger partial charge in [-0.2, -0.15) is 0 Å². The molecule has 0 aliphatic heterocycles. The number of aromatic nitrogens is 4. The molecule has 1 aromatic heterocycles. The Bertz CT molecular complexity index is 379. The first-order valence-electron chi connectivity index (χ1n) is 4.58. The standard InChI is InChI=1S/C8H10N4O3/c13-6-3-8(4-6,7(14)15)1-2-12-5-9-10-11-12/h5H,1-4H2,(H,14,15). The van der Waals surface area contributed by atoms with Crippen molar-refractivity contribution < 1.29 is 14.7 Å². The highest BCUT2D eigenvalue weighted by Crippen LogP contribution is 2.41. The van der Waals surface area contributed by atoms with Gasteiger partial charge in [-0.3, -0.25) is 9.59 Å². The molecule has 0 spiro atoms. The molecule has 1 heterocycles. The molecule has 1 aromatic rings. The molecule has 1 aliphatic rings. The van der Waals surface area contributed by atoms with Gasteiger partial charge in [-0.05, 0) is 16.8 Å². The summed E-state index contributed by atoms with van der Waals surface area (Å²) in [4.78, 5) is 21.9. The Morgan fingerprint density at radius 3 is 2.80 bits per heavy atom. The van der Waals surface area contributed by atoms with Gasteiger partial charge < -0.3 is 5.11 Å². The smallest absolute Gasteiger partial charge is 0.310 e. The zero-order valence-electron chi connectivity index (χ0n) is 7.96. The molecule has 1 N–H and O–H groups in total. The molecular formula is C8H10N4O3. The molecule has 0 unspecified atom stereocenters. The highest BCUT2D eigenvalue weighted by Gasteiger charge is 2.49. The second kappa shape index (κ2) is 3.41. The fraction of sp³-hybridized carbons (Fsp3) is 0.625. The van der Waals surface area contributed by atoms with Gasteiger partial charge in [0.05, 0.1) is 5.41 Å². The van der Waals surface area contributed by atoms with E-state index >= 15 is 0 Å². The number of Topliss-reactive ketones (excluding diaryl/α,β-unsaturated/α-hetero) is 1. The Morgan fingerprint density at radius 1 is 1.60 bits per heavy atom. The summed E-state index contributed by atoms with van der Waals surface area (Å²) >= 11 is 0. The molecule has 0 aromatic carbocycles. The predicted octanol–water partition coefficient (Wildman–Crippen LogP) is -0.503. The van der Waals surface area contributed by atoms with Crippen LogP contribution in [-0.4, -0.2) is 37.1 Å². The lowest BCUT2D eigenvalue weighted by Gasteiger charge is -2.35. The summed E-state index contributed by atoms with van der Waals surface area (Å²) in [6.45, 7) is 0.423. The molecule has 2 rings (SSSR count). The van der Waals surface area contributed by atoms with Crippen LogP contribution in [0.5, 0.6) is 0 Å². The average Bonchev–Trinajstić information content (AvgIpc) is 2.62. The molecule has 1 aliphatic carbocycles. The van der Waals surface area contributed by atoms with Crippen LogP contribution >= 0.6 is 0 Å². The summed E-state index contributed by atoms with van der Waals surface area (Å²) in [6.07, 6.45) is 2.07. The summed E-state index contributed by atoms with van der Waals surface area (Å²) in [6, 6.07) is 0. The molecule has 15 heavy (non-hydrogen) atoms. The number of nitrogens with zero attached hydrogens (tertiary/aromatic N) is 4. The molecule has 1 fully saturated rings. The van der Waals surface area contributed by atoms with Gasteiger partial charge in [-0.25, -0.2) is 4.68 Å². The zero-order valence-corrected chi connectivity index (χ0v) is 7.96. The summed E-state index contributed by atoms with van der Waals surface area (Å²) in [5.41, 5.74) is -0.886. The molecule has 80 valence electrons. The number of rotatable bonds is 4. The number of carboxylic acids is 1. The van der Waals surface area contributed by atoms with E-state index in [0.717, 1.165) is 0 Å². The molecule has 0 radical (unpaired) electrons. The van der Waals surface area contributed by atoms with Crippen LogP contribution in [-0.2, 0) is 16.1 Å². The van der Waals surface area contributed by atoms with E-state index in [-0.39, 0.29) is 18.6 Å². The van der Waals surface area contributed by atoms with Crippen molar-refractivity contribution in [2.75, 3.05) is 0 Å². The van der Waals surface area contributed by atoms with Gasteiger partial charge in [0.2, 0.25) is 0 Å². The minimum Gasteiger partial charge on any atom is -0.481 e. The zero-order chi connectivity index (χ0) is 10.9. The monoisotopic (exact) mass is 210 g/mol. The van der Waals surface area contributed by atoms with Crippen molar-refractivity contribution in [3.05, 3.63) is 6.33 Å². The molecule has 1 saturated carbocycles. The van der Waals surface area contributed by atoms with Gasteiger partial charge in [0.15, 0.2) is 0 Å². The number of carbonyl (C=O) groups excluding carboxylic acids is 1. The van der Waals surface area contributed by atoms with Crippen molar-refractivity contribution in [3.63, 3.8) is 0 Å². The summed E-state index contributed by atoms with van der Waals surface area (Å²) < 4.78 is 1.47. The number of aliphatic carboxylic acids is 1. The van der Waals surface area contributed by atoms with Crippen LogP contribution in [0.4, 0.5) is 0 Å². The van der Waals surface area contributed by atoms with Crippen LogP contribution in [0.3, 0.4) is 0 Å². The number of tetrazole rings is 1. The Labute approximate surface area is 85.1 Å². The number of carboxylic acid groups (broad SMARTS) is 1. The van der Waals surface area contributed by atoms with Gasteiger partial charge in [0.1, 0.15) is 12.1 Å². The lowest BCUT2D eigenvalue weighted by atomic mass is 9.66.